The third-order valence-corrected chi connectivity index (χ3v) is 5.04. The monoisotopic (exact) mass is 438 g/mol. The van der Waals surface area contributed by atoms with Gasteiger partial charge in [-0.05, 0) is 32.9 Å². The van der Waals surface area contributed by atoms with E-state index in [0.29, 0.717) is 53.4 Å². The van der Waals surface area contributed by atoms with Crippen molar-refractivity contribution >= 4 is 11.6 Å². The smallest absolute Gasteiger partial charge is 0.160 e. The normalized spacial score (nSPS) is 11.2. The predicted molar refractivity (Wildman–Crippen MR) is 116 cm³/mol. The van der Waals surface area contributed by atoms with Crippen LogP contribution in [0.3, 0.4) is 0 Å². The Morgan fingerprint density at radius 3 is 2.59 bits per heavy atom. The van der Waals surface area contributed by atoms with Gasteiger partial charge in [0.25, 0.3) is 0 Å². The molecule has 166 valence electrons. The van der Waals surface area contributed by atoms with Gasteiger partial charge in [-0.1, -0.05) is 0 Å². The van der Waals surface area contributed by atoms with E-state index in [1.807, 2.05) is 6.92 Å². The number of rotatable bonds is 7. The summed E-state index contributed by atoms with van der Waals surface area (Å²) in [6, 6.07) is 4.67. The number of ether oxygens (including phenoxy) is 1. The van der Waals surface area contributed by atoms with E-state index in [4.69, 9.17) is 4.74 Å². The van der Waals surface area contributed by atoms with Crippen molar-refractivity contribution < 1.29 is 14.2 Å². The molecule has 0 saturated carbocycles. The first-order chi connectivity index (χ1) is 15.4. The zero-order chi connectivity index (χ0) is 22.8. The molecule has 4 heterocycles. The van der Waals surface area contributed by atoms with Crippen LogP contribution in [0.5, 0.6) is 5.75 Å². The van der Waals surface area contributed by atoms with Gasteiger partial charge in [-0.3, -0.25) is 4.98 Å². The lowest BCUT2D eigenvalue weighted by molar-refractivity contribution is 0.184. The summed E-state index contributed by atoms with van der Waals surface area (Å²) >= 11 is 0. The molecule has 0 atom stereocenters. The van der Waals surface area contributed by atoms with Crippen molar-refractivity contribution in [1.29, 1.82) is 0 Å². The average molecular weight is 438 g/mol. The number of pyridine rings is 1. The fourth-order valence-corrected chi connectivity index (χ4v) is 3.32. The van der Waals surface area contributed by atoms with Crippen LogP contribution in [-0.4, -0.2) is 53.3 Å². The number of methoxy groups -OCH3 is 1. The predicted octanol–water partition coefficient (Wildman–Crippen LogP) is 3.08. The zero-order valence-electron chi connectivity index (χ0n) is 18.2. The number of aromatic hydroxyl groups is 1. The molecule has 4 aromatic rings. The Kier molecular flexibility index (Phi) is 5.82. The number of nitrogens with zero attached hydrogens (tertiary/aromatic N) is 7. The third-order valence-electron chi connectivity index (χ3n) is 5.04. The molecule has 0 unspecified atom stereocenters. The summed E-state index contributed by atoms with van der Waals surface area (Å²) in [6.07, 6.45) is 2.58. The van der Waals surface area contributed by atoms with Gasteiger partial charge in [0.15, 0.2) is 11.6 Å². The third kappa shape index (κ3) is 4.02. The zero-order valence-corrected chi connectivity index (χ0v) is 18.2. The maximum Gasteiger partial charge on any atom is 0.160 e. The van der Waals surface area contributed by atoms with E-state index in [-0.39, 0.29) is 5.75 Å². The number of aromatic nitrogens is 7. The lowest BCUT2D eigenvalue weighted by atomic mass is 10.2. The van der Waals surface area contributed by atoms with Gasteiger partial charge in [-0.15, -0.1) is 0 Å². The Balaban J connectivity index is 1.72. The number of aryl methyl sites for hydroxylation is 1. The Labute approximate surface area is 183 Å². The Morgan fingerprint density at radius 2 is 1.94 bits per heavy atom. The van der Waals surface area contributed by atoms with E-state index in [1.165, 1.54) is 12.4 Å². The van der Waals surface area contributed by atoms with Gasteiger partial charge in [0.2, 0.25) is 0 Å². The standard InChI is InChI=1S/C21H23FN8O2/c1-12-19(16-6-5-15(22)10-23-16)28-29(7-8-32-4)21(12)26-17-9-18(25-11-24-17)30-14(3)20(31)13(2)27-30/h5-6,9-11,31H,7-8H2,1-4H3,(H,24,25,26). The highest BCUT2D eigenvalue weighted by atomic mass is 19.1. The highest BCUT2D eigenvalue weighted by Gasteiger charge is 2.18. The van der Waals surface area contributed by atoms with Crippen molar-refractivity contribution in [2.45, 2.75) is 27.3 Å². The fourth-order valence-electron chi connectivity index (χ4n) is 3.32. The molecular formula is C21H23FN8O2. The van der Waals surface area contributed by atoms with E-state index in [9.17, 15) is 9.50 Å². The Morgan fingerprint density at radius 1 is 1.12 bits per heavy atom. The topological polar surface area (TPSA) is 116 Å². The summed E-state index contributed by atoms with van der Waals surface area (Å²) in [6.45, 7) is 6.33. The minimum absolute atomic E-state index is 0.128. The lowest BCUT2D eigenvalue weighted by Crippen LogP contribution is -2.10. The first-order valence-corrected chi connectivity index (χ1v) is 9.92. The summed E-state index contributed by atoms with van der Waals surface area (Å²) in [5.74, 6) is 1.44. The highest BCUT2D eigenvalue weighted by Crippen LogP contribution is 2.29. The number of hydrogen-bond acceptors (Lipinski definition) is 8. The van der Waals surface area contributed by atoms with Gasteiger partial charge in [0.1, 0.15) is 35.2 Å². The fraction of sp³-hybridized carbons (Fsp3) is 0.286. The molecule has 4 rings (SSSR count). The molecule has 11 heteroatoms. The molecule has 0 aliphatic heterocycles. The number of halogens is 1. The van der Waals surface area contributed by atoms with Crippen molar-refractivity contribution in [2.24, 2.45) is 0 Å². The van der Waals surface area contributed by atoms with Gasteiger partial charge >= 0.3 is 0 Å². The molecule has 0 aromatic carbocycles. The molecule has 0 bridgehead atoms. The second-order valence-electron chi connectivity index (χ2n) is 7.22. The lowest BCUT2D eigenvalue weighted by Gasteiger charge is -2.11. The van der Waals surface area contributed by atoms with E-state index >= 15 is 0 Å². The SMILES string of the molecule is COCCn1nc(-c2ccc(F)cn2)c(C)c1Nc1cc(-n2nc(C)c(O)c2C)ncn1. The van der Waals surface area contributed by atoms with Crippen LogP contribution >= 0.6 is 0 Å². The molecule has 0 fully saturated rings. The molecule has 0 amide bonds. The largest absolute Gasteiger partial charge is 0.504 e. The first-order valence-electron chi connectivity index (χ1n) is 9.92. The van der Waals surface area contributed by atoms with E-state index in [1.54, 1.807) is 42.5 Å². The molecule has 0 radical (unpaired) electrons. The van der Waals surface area contributed by atoms with Gasteiger partial charge in [0, 0.05) is 18.7 Å². The molecule has 0 spiro atoms. The summed E-state index contributed by atoms with van der Waals surface area (Å²) in [7, 11) is 1.62. The highest BCUT2D eigenvalue weighted by molar-refractivity contribution is 5.69. The van der Waals surface area contributed by atoms with Crippen molar-refractivity contribution in [3.05, 3.63) is 53.5 Å². The quantitative estimate of drug-likeness (QED) is 0.452. The van der Waals surface area contributed by atoms with E-state index in [2.05, 4.69) is 30.5 Å². The maximum absolute atomic E-state index is 13.3. The van der Waals surface area contributed by atoms with Crippen LogP contribution in [0, 0.1) is 26.6 Å². The second-order valence-corrected chi connectivity index (χ2v) is 7.22. The summed E-state index contributed by atoms with van der Waals surface area (Å²) in [5, 5.41) is 22.4. The number of anilines is 2. The Bertz CT molecular complexity index is 1250. The molecule has 0 saturated heterocycles. The first kappa shape index (κ1) is 21.4. The number of nitrogens with one attached hydrogen (secondary N) is 1. The maximum atomic E-state index is 13.3. The van der Waals surface area contributed by atoms with Crippen LogP contribution in [-0.2, 0) is 11.3 Å². The molecule has 0 aliphatic rings. The molecule has 2 N–H and O–H groups in total. The van der Waals surface area contributed by atoms with Crippen molar-refractivity contribution in [2.75, 3.05) is 19.0 Å². The van der Waals surface area contributed by atoms with Crippen LogP contribution in [0.2, 0.25) is 0 Å². The molecule has 0 aliphatic carbocycles. The van der Waals surface area contributed by atoms with Crippen molar-refractivity contribution in [1.82, 2.24) is 34.5 Å². The molecule has 32 heavy (non-hydrogen) atoms. The molecular weight excluding hydrogens is 415 g/mol. The second kappa shape index (κ2) is 8.71. The minimum atomic E-state index is -0.410. The molecule has 4 aromatic heterocycles. The van der Waals surface area contributed by atoms with Crippen LogP contribution in [0.25, 0.3) is 17.2 Å². The number of hydrogen-bond donors (Lipinski definition) is 2. The van der Waals surface area contributed by atoms with Gasteiger partial charge in [-0.2, -0.15) is 10.2 Å². The Hall–Kier alpha value is -3.86. The van der Waals surface area contributed by atoms with Crippen LogP contribution in [0.4, 0.5) is 16.0 Å². The average Bonchev–Trinajstić information content (AvgIpc) is 3.24. The molecule has 10 nitrogen and oxygen atoms in total. The van der Waals surface area contributed by atoms with E-state index < -0.39 is 5.82 Å². The van der Waals surface area contributed by atoms with Gasteiger partial charge in [-0.25, -0.2) is 23.7 Å². The van der Waals surface area contributed by atoms with Crippen molar-refractivity contribution in [3.8, 4) is 23.0 Å². The van der Waals surface area contributed by atoms with Gasteiger partial charge in [0.05, 0.1) is 30.7 Å². The summed E-state index contributed by atoms with van der Waals surface area (Å²) in [5.41, 5.74) is 3.11. The van der Waals surface area contributed by atoms with E-state index in [0.717, 1.165) is 11.8 Å². The van der Waals surface area contributed by atoms with Gasteiger partial charge < -0.3 is 15.2 Å². The minimum Gasteiger partial charge on any atom is -0.504 e. The summed E-state index contributed by atoms with van der Waals surface area (Å²) in [4.78, 5) is 12.7. The summed E-state index contributed by atoms with van der Waals surface area (Å²) < 4.78 is 21.8. The van der Waals surface area contributed by atoms with Crippen LogP contribution < -0.4 is 5.32 Å². The van der Waals surface area contributed by atoms with Crippen LogP contribution in [0.15, 0.2) is 30.7 Å². The van der Waals surface area contributed by atoms with Crippen molar-refractivity contribution in [3.63, 3.8) is 0 Å². The van der Waals surface area contributed by atoms with Crippen LogP contribution in [0.1, 0.15) is 17.0 Å².